The molecular weight excluding hydrogens is 364 g/mol. The number of unbranched alkanes of at least 4 members (excludes halogenated alkanes) is 2. The number of hydrogen-bond acceptors (Lipinski definition) is 8. The first-order valence-corrected chi connectivity index (χ1v) is 9.19. The third-order valence-corrected chi connectivity index (χ3v) is 4.30. The van der Waals surface area contributed by atoms with E-state index in [1.807, 2.05) is 6.92 Å². The first-order valence-electron chi connectivity index (χ1n) is 9.19. The molecule has 0 spiro atoms. The minimum Gasteiger partial charge on any atom is -0.361 e. The fraction of sp³-hybridized carbons (Fsp3) is 0.500. The maximum atomic E-state index is 12.5. The normalized spacial score (nSPS) is 11.7. The molecule has 28 heavy (non-hydrogen) atoms. The number of rotatable bonds is 11. The van der Waals surface area contributed by atoms with Gasteiger partial charge in [0, 0.05) is 6.20 Å². The van der Waals surface area contributed by atoms with Gasteiger partial charge in [-0.15, -0.1) is 0 Å². The van der Waals surface area contributed by atoms with E-state index in [0.29, 0.717) is 28.6 Å². The molecule has 0 saturated carbocycles. The number of nitrogens with one attached hydrogen (secondary N) is 2. The largest absolute Gasteiger partial charge is 0.361 e. The second kappa shape index (κ2) is 10.4. The maximum Gasteiger partial charge on any atom is 0.243 e. The summed E-state index contributed by atoms with van der Waals surface area (Å²) in [6.07, 6.45) is 5.18. The zero-order chi connectivity index (χ0) is 20.5. The Morgan fingerprint density at radius 2 is 2.18 bits per heavy atom. The fourth-order valence-electron chi connectivity index (χ4n) is 2.84. The molecule has 152 valence electrons. The quantitative estimate of drug-likeness (QED) is 0.230. The van der Waals surface area contributed by atoms with Crippen LogP contribution in [0.5, 0.6) is 0 Å². The number of hydrogen-bond donors (Lipinski definition) is 3. The van der Waals surface area contributed by atoms with Gasteiger partial charge in [-0.25, -0.2) is 15.0 Å². The summed E-state index contributed by atoms with van der Waals surface area (Å²) in [5, 5.41) is 13.8. The van der Waals surface area contributed by atoms with Gasteiger partial charge < -0.3 is 4.52 Å². The van der Waals surface area contributed by atoms with Crippen LogP contribution in [-0.2, 0) is 9.59 Å². The molecule has 0 fully saturated rings. The van der Waals surface area contributed by atoms with E-state index in [1.54, 1.807) is 19.2 Å². The number of nitrogens with zero attached hydrogens (tertiary/aromatic N) is 4. The van der Waals surface area contributed by atoms with Gasteiger partial charge in [0.1, 0.15) is 5.76 Å². The molecule has 2 heterocycles. The highest BCUT2D eigenvalue weighted by atomic mass is 16.5. The van der Waals surface area contributed by atoms with E-state index in [1.165, 1.54) is 0 Å². The van der Waals surface area contributed by atoms with E-state index in [4.69, 9.17) is 4.52 Å². The topological polar surface area (TPSA) is 133 Å². The highest BCUT2D eigenvalue weighted by molar-refractivity contribution is 5.80. The van der Waals surface area contributed by atoms with Gasteiger partial charge in [-0.05, 0) is 26.3 Å². The number of carbonyl (C=O) groups excluding carboxylic acids is 2. The molecule has 0 aliphatic carbocycles. The van der Waals surface area contributed by atoms with E-state index >= 15 is 0 Å². The summed E-state index contributed by atoms with van der Waals surface area (Å²) in [6.45, 7) is 5.59. The van der Waals surface area contributed by atoms with Crippen molar-refractivity contribution in [3.8, 4) is 11.3 Å². The molecule has 10 nitrogen and oxygen atoms in total. The summed E-state index contributed by atoms with van der Waals surface area (Å²) in [4.78, 5) is 31.6. The van der Waals surface area contributed by atoms with Crippen LogP contribution in [0, 0.1) is 19.8 Å². The Morgan fingerprint density at radius 1 is 1.39 bits per heavy atom. The SMILES string of the molecule is CCCCCC(CN(O)C=O)C(=O)NNc1nccc(-c2c(C)noc2C)n1. The van der Waals surface area contributed by atoms with Crippen LogP contribution in [0.4, 0.5) is 5.95 Å². The summed E-state index contributed by atoms with van der Waals surface area (Å²) in [5.41, 5.74) is 7.33. The van der Waals surface area contributed by atoms with Gasteiger partial charge >= 0.3 is 0 Å². The molecule has 1 unspecified atom stereocenters. The van der Waals surface area contributed by atoms with Crippen molar-refractivity contribution in [2.45, 2.75) is 46.5 Å². The maximum absolute atomic E-state index is 12.5. The van der Waals surface area contributed by atoms with Crippen molar-refractivity contribution >= 4 is 18.3 Å². The van der Waals surface area contributed by atoms with Gasteiger partial charge in [-0.1, -0.05) is 31.3 Å². The zero-order valence-electron chi connectivity index (χ0n) is 16.3. The van der Waals surface area contributed by atoms with Crippen molar-refractivity contribution in [2.24, 2.45) is 5.92 Å². The number of carbonyl (C=O) groups is 2. The van der Waals surface area contributed by atoms with Gasteiger partial charge in [0.25, 0.3) is 0 Å². The van der Waals surface area contributed by atoms with Crippen molar-refractivity contribution in [1.29, 1.82) is 0 Å². The lowest BCUT2D eigenvalue weighted by Crippen LogP contribution is -2.40. The van der Waals surface area contributed by atoms with Gasteiger partial charge in [-0.2, -0.15) is 0 Å². The van der Waals surface area contributed by atoms with Crippen LogP contribution in [0.1, 0.15) is 44.1 Å². The van der Waals surface area contributed by atoms with Crippen molar-refractivity contribution in [1.82, 2.24) is 25.6 Å². The van der Waals surface area contributed by atoms with Crippen LogP contribution < -0.4 is 10.9 Å². The number of anilines is 1. The standard InChI is InChI=1S/C18H26N6O4/c1-4-5-6-7-14(10-24(27)11-25)17(26)21-22-18-19-9-8-15(20-18)16-12(2)23-28-13(16)3/h8-9,11,14,27H,4-7,10H2,1-3H3,(H,21,26)(H,19,20,22). The lowest BCUT2D eigenvalue weighted by atomic mass is 10.0. The van der Waals surface area contributed by atoms with E-state index in [2.05, 4.69) is 32.9 Å². The fourth-order valence-corrected chi connectivity index (χ4v) is 2.84. The Bertz CT molecular complexity index is 775. The van der Waals surface area contributed by atoms with Crippen LogP contribution in [0.15, 0.2) is 16.8 Å². The van der Waals surface area contributed by atoms with Gasteiger partial charge in [0.2, 0.25) is 18.3 Å². The molecule has 2 aromatic rings. The lowest BCUT2D eigenvalue weighted by Gasteiger charge is -2.19. The Balaban J connectivity index is 2.03. The van der Waals surface area contributed by atoms with E-state index in [0.717, 1.165) is 24.8 Å². The van der Waals surface area contributed by atoms with E-state index in [-0.39, 0.29) is 24.8 Å². The summed E-state index contributed by atoms with van der Waals surface area (Å²) in [7, 11) is 0. The third-order valence-electron chi connectivity index (χ3n) is 4.30. The first kappa shape index (κ1) is 21.3. The average molecular weight is 390 g/mol. The Kier molecular flexibility index (Phi) is 7.88. The van der Waals surface area contributed by atoms with E-state index < -0.39 is 5.92 Å². The van der Waals surface area contributed by atoms with Crippen LogP contribution in [0.2, 0.25) is 0 Å². The summed E-state index contributed by atoms with van der Waals surface area (Å²) < 4.78 is 5.16. The Labute approximate surface area is 163 Å². The molecule has 0 radical (unpaired) electrons. The molecule has 0 aliphatic rings. The van der Waals surface area contributed by atoms with Crippen LogP contribution >= 0.6 is 0 Å². The molecule has 2 amide bonds. The number of hydrazine groups is 1. The van der Waals surface area contributed by atoms with E-state index in [9.17, 15) is 14.8 Å². The van der Waals surface area contributed by atoms with Crippen molar-refractivity contribution in [3.63, 3.8) is 0 Å². The number of amides is 2. The second-order valence-corrected chi connectivity index (χ2v) is 6.50. The summed E-state index contributed by atoms with van der Waals surface area (Å²) in [6, 6.07) is 1.72. The van der Waals surface area contributed by atoms with Crippen LogP contribution in [0.3, 0.4) is 0 Å². The molecule has 0 bridgehead atoms. The lowest BCUT2D eigenvalue weighted by molar-refractivity contribution is -0.154. The minimum atomic E-state index is -0.556. The first-order chi connectivity index (χ1) is 13.5. The predicted octanol–water partition coefficient (Wildman–Crippen LogP) is 2.24. The average Bonchev–Trinajstić information content (AvgIpc) is 3.03. The molecule has 0 aliphatic heterocycles. The molecule has 0 aromatic carbocycles. The van der Waals surface area contributed by atoms with Gasteiger partial charge in [0.15, 0.2) is 0 Å². The number of hydroxylamine groups is 2. The molecule has 10 heteroatoms. The van der Waals surface area contributed by atoms with Crippen LogP contribution in [0.25, 0.3) is 11.3 Å². The Hall–Kier alpha value is -3.01. The molecule has 2 rings (SSSR count). The Morgan fingerprint density at radius 3 is 2.82 bits per heavy atom. The van der Waals surface area contributed by atoms with Gasteiger partial charge in [0.05, 0.1) is 29.4 Å². The number of aryl methyl sites for hydroxylation is 2. The highest BCUT2D eigenvalue weighted by Crippen LogP contribution is 2.25. The predicted molar refractivity (Wildman–Crippen MR) is 101 cm³/mol. The molecule has 2 aromatic heterocycles. The second-order valence-electron chi connectivity index (χ2n) is 6.50. The number of aromatic nitrogens is 3. The van der Waals surface area contributed by atoms with Crippen molar-refractivity contribution in [3.05, 3.63) is 23.7 Å². The molecule has 1 atom stereocenters. The zero-order valence-corrected chi connectivity index (χ0v) is 16.3. The van der Waals surface area contributed by atoms with Crippen molar-refractivity contribution < 1.29 is 19.3 Å². The summed E-state index contributed by atoms with van der Waals surface area (Å²) >= 11 is 0. The minimum absolute atomic E-state index is 0.0826. The molecule has 0 saturated heterocycles. The van der Waals surface area contributed by atoms with Gasteiger partial charge in [-0.3, -0.25) is 25.6 Å². The smallest absolute Gasteiger partial charge is 0.243 e. The molecular formula is C18H26N6O4. The molecule has 3 N–H and O–H groups in total. The monoisotopic (exact) mass is 390 g/mol. The highest BCUT2D eigenvalue weighted by Gasteiger charge is 2.21. The van der Waals surface area contributed by atoms with Crippen molar-refractivity contribution in [2.75, 3.05) is 12.0 Å². The van der Waals surface area contributed by atoms with Crippen LogP contribution in [-0.4, -0.2) is 44.3 Å². The third kappa shape index (κ3) is 5.74. The summed E-state index contributed by atoms with van der Waals surface area (Å²) in [5.74, 6) is -0.0724.